The zero-order valence-electron chi connectivity index (χ0n) is 13.1. The first-order chi connectivity index (χ1) is 10.6. The lowest BCUT2D eigenvalue weighted by atomic mass is 10.1. The van der Waals surface area contributed by atoms with Gasteiger partial charge in [0.15, 0.2) is 0 Å². The highest BCUT2D eigenvalue weighted by Gasteiger charge is 2.23. The lowest BCUT2D eigenvalue weighted by molar-refractivity contribution is 0.227. The first-order valence-corrected chi connectivity index (χ1v) is 8.70. The molecule has 0 saturated heterocycles. The van der Waals surface area contributed by atoms with Crippen LogP contribution in [0.2, 0.25) is 0 Å². The van der Waals surface area contributed by atoms with Crippen LogP contribution >= 0.6 is 11.8 Å². The molecule has 2 aromatic rings. The van der Waals surface area contributed by atoms with Crippen molar-refractivity contribution in [1.29, 1.82) is 0 Å². The Morgan fingerprint density at radius 3 is 2.95 bits per heavy atom. The molecule has 1 aliphatic rings. The standard InChI is InChI=1S/C17H22N2O2S/c1-19(2)9-8-13-10-18-14-4-3-5-15(16(13)14)21-17(20)22-11-12-6-7-12/h3-5,10,12,18H,6-9,11H2,1-2H3. The largest absolute Gasteiger partial charge is 0.418 e. The lowest BCUT2D eigenvalue weighted by Gasteiger charge is -2.10. The summed E-state index contributed by atoms with van der Waals surface area (Å²) in [5, 5.41) is 0.837. The Kier molecular flexibility index (Phi) is 4.74. The highest BCUT2D eigenvalue weighted by atomic mass is 32.2. The second-order valence-corrected chi connectivity index (χ2v) is 7.11. The van der Waals surface area contributed by atoms with Gasteiger partial charge < -0.3 is 14.6 Å². The van der Waals surface area contributed by atoms with Crippen molar-refractivity contribution in [2.45, 2.75) is 19.3 Å². The number of fused-ring (bicyclic) bond motifs is 1. The van der Waals surface area contributed by atoms with Crippen molar-refractivity contribution in [2.75, 3.05) is 26.4 Å². The van der Waals surface area contributed by atoms with Crippen molar-refractivity contribution in [1.82, 2.24) is 9.88 Å². The molecule has 0 unspecified atom stereocenters. The summed E-state index contributed by atoms with van der Waals surface area (Å²) >= 11 is 1.30. The molecule has 3 rings (SSSR count). The Hall–Kier alpha value is -1.46. The minimum Gasteiger partial charge on any atom is -0.418 e. The van der Waals surface area contributed by atoms with Crippen molar-refractivity contribution in [3.8, 4) is 5.75 Å². The van der Waals surface area contributed by atoms with Crippen LogP contribution in [0.5, 0.6) is 5.75 Å². The molecular weight excluding hydrogens is 296 g/mol. The van der Waals surface area contributed by atoms with E-state index >= 15 is 0 Å². The van der Waals surface area contributed by atoms with Crippen LogP contribution in [0.3, 0.4) is 0 Å². The fourth-order valence-electron chi connectivity index (χ4n) is 2.44. The van der Waals surface area contributed by atoms with Crippen LogP contribution in [0.4, 0.5) is 4.79 Å². The first kappa shape index (κ1) is 15.4. The van der Waals surface area contributed by atoms with E-state index in [4.69, 9.17) is 4.74 Å². The van der Waals surface area contributed by atoms with Crippen LogP contribution in [-0.2, 0) is 6.42 Å². The van der Waals surface area contributed by atoms with Gasteiger partial charge >= 0.3 is 5.30 Å². The summed E-state index contributed by atoms with van der Waals surface area (Å²) in [5.41, 5.74) is 2.21. The maximum Gasteiger partial charge on any atom is 0.372 e. The molecule has 0 spiro atoms. The Bertz CT molecular complexity index is 662. The van der Waals surface area contributed by atoms with E-state index in [9.17, 15) is 4.79 Å². The van der Waals surface area contributed by atoms with Gasteiger partial charge in [-0.05, 0) is 68.7 Å². The number of likely N-dealkylation sites (N-methyl/N-ethyl adjacent to an activating group) is 1. The molecule has 1 aliphatic carbocycles. The van der Waals surface area contributed by atoms with Crippen LogP contribution < -0.4 is 4.74 Å². The number of carbonyl (C=O) groups excluding carboxylic acids is 1. The Balaban J connectivity index is 1.75. The quantitative estimate of drug-likeness (QED) is 0.820. The van der Waals surface area contributed by atoms with Gasteiger partial charge in [-0.1, -0.05) is 6.07 Å². The number of ether oxygens (including phenoxy) is 1. The minimum atomic E-state index is -0.195. The highest BCUT2D eigenvalue weighted by molar-refractivity contribution is 8.13. The molecule has 0 radical (unpaired) electrons. The van der Waals surface area contributed by atoms with Crippen LogP contribution in [0.15, 0.2) is 24.4 Å². The number of thioether (sulfide) groups is 1. The summed E-state index contributed by atoms with van der Waals surface area (Å²) in [7, 11) is 4.12. The van der Waals surface area contributed by atoms with Gasteiger partial charge in [0.2, 0.25) is 0 Å². The zero-order chi connectivity index (χ0) is 15.5. The molecule has 1 aromatic heterocycles. The third-order valence-electron chi connectivity index (χ3n) is 3.90. The molecule has 0 atom stereocenters. The van der Waals surface area contributed by atoms with E-state index in [1.54, 1.807) is 0 Å². The molecule has 5 heteroatoms. The van der Waals surface area contributed by atoms with Crippen molar-refractivity contribution in [3.63, 3.8) is 0 Å². The average Bonchev–Trinajstić information content (AvgIpc) is 3.22. The number of rotatable bonds is 6. The van der Waals surface area contributed by atoms with Gasteiger partial charge in [-0.3, -0.25) is 0 Å². The number of H-pyrrole nitrogens is 1. The predicted octanol–water partition coefficient (Wildman–Crippen LogP) is 3.91. The Morgan fingerprint density at radius 2 is 2.23 bits per heavy atom. The van der Waals surface area contributed by atoms with E-state index in [0.29, 0.717) is 5.75 Å². The molecule has 1 aromatic carbocycles. The fraction of sp³-hybridized carbons (Fsp3) is 0.471. The zero-order valence-corrected chi connectivity index (χ0v) is 13.9. The summed E-state index contributed by atoms with van der Waals surface area (Å²) in [6, 6.07) is 5.82. The second kappa shape index (κ2) is 6.75. The average molecular weight is 318 g/mol. The van der Waals surface area contributed by atoms with Gasteiger partial charge in [0, 0.05) is 29.4 Å². The SMILES string of the molecule is CN(C)CCc1c[nH]c2cccc(OC(=O)SCC3CC3)c12. The number of nitrogens with one attached hydrogen (secondary N) is 1. The normalized spacial score (nSPS) is 14.7. The molecule has 1 saturated carbocycles. The van der Waals surface area contributed by atoms with Gasteiger partial charge in [0.05, 0.1) is 0 Å². The number of aromatic nitrogens is 1. The Labute approximate surface area is 135 Å². The molecule has 22 heavy (non-hydrogen) atoms. The van der Waals surface area contributed by atoms with Gasteiger partial charge in [0.25, 0.3) is 0 Å². The molecule has 118 valence electrons. The van der Waals surface area contributed by atoms with Crippen LogP contribution in [-0.4, -0.2) is 41.6 Å². The van der Waals surface area contributed by atoms with Gasteiger partial charge in [-0.25, -0.2) is 4.79 Å². The topological polar surface area (TPSA) is 45.3 Å². The van der Waals surface area contributed by atoms with Crippen LogP contribution in [0, 0.1) is 5.92 Å². The van der Waals surface area contributed by atoms with Crippen molar-refractivity contribution >= 4 is 28.0 Å². The maximum absolute atomic E-state index is 12.0. The first-order valence-electron chi connectivity index (χ1n) is 7.72. The third kappa shape index (κ3) is 3.84. The van der Waals surface area contributed by atoms with Crippen molar-refractivity contribution < 1.29 is 9.53 Å². The number of aromatic amines is 1. The summed E-state index contributed by atoms with van der Waals surface area (Å²) in [4.78, 5) is 17.4. The number of carbonyl (C=O) groups is 1. The maximum atomic E-state index is 12.0. The summed E-state index contributed by atoms with van der Waals surface area (Å²) in [5.74, 6) is 2.27. The molecule has 4 nitrogen and oxygen atoms in total. The molecule has 0 amide bonds. The molecule has 0 bridgehead atoms. The van der Waals surface area contributed by atoms with E-state index < -0.39 is 0 Å². The van der Waals surface area contributed by atoms with Gasteiger partial charge in [0.1, 0.15) is 5.75 Å². The Morgan fingerprint density at radius 1 is 1.41 bits per heavy atom. The minimum absolute atomic E-state index is 0.195. The van der Waals surface area contributed by atoms with Gasteiger partial charge in [-0.15, -0.1) is 0 Å². The number of benzene rings is 1. The van der Waals surface area contributed by atoms with Crippen molar-refractivity contribution in [2.24, 2.45) is 5.92 Å². The molecule has 1 fully saturated rings. The molecular formula is C17H22N2O2S. The summed E-state index contributed by atoms with van der Waals surface area (Å²) in [6.45, 7) is 0.964. The summed E-state index contributed by atoms with van der Waals surface area (Å²) in [6.07, 6.45) is 5.45. The fourth-order valence-corrected chi connectivity index (χ4v) is 3.29. The monoisotopic (exact) mass is 318 g/mol. The number of nitrogens with zero attached hydrogens (tertiary/aromatic N) is 1. The predicted molar refractivity (Wildman–Crippen MR) is 91.8 cm³/mol. The smallest absolute Gasteiger partial charge is 0.372 e. The highest BCUT2D eigenvalue weighted by Crippen LogP contribution is 2.34. The van der Waals surface area contributed by atoms with Crippen LogP contribution in [0.25, 0.3) is 10.9 Å². The van der Waals surface area contributed by atoms with Crippen molar-refractivity contribution in [3.05, 3.63) is 30.0 Å². The molecule has 1 heterocycles. The lowest BCUT2D eigenvalue weighted by Crippen LogP contribution is -2.15. The molecule has 0 aliphatic heterocycles. The third-order valence-corrected chi connectivity index (χ3v) is 4.86. The van der Waals surface area contributed by atoms with E-state index in [1.165, 1.54) is 30.2 Å². The van der Waals surface area contributed by atoms with E-state index in [1.807, 2.05) is 24.4 Å². The van der Waals surface area contributed by atoms with E-state index in [0.717, 1.165) is 35.5 Å². The number of hydrogen-bond donors (Lipinski definition) is 1. The van der Waals surface area contributed by atoms with E-state index in [2.05, 4.69) is 24.0 Å². The second-order valence-electron chi connectivity index (χ2n) is 6.15. The number of hydrogen-bond acceptors (Lipinski definition) is 4. The van der Waals surface area contributed by atoms with Crippen LogP contribution in [0.1, 0.15) is 18.4 Å². The summed E-state index contributed by atoms with van der Waals surface area (Å²) < 4.78 is 5.60. The van der Waals surface area contributed by atoms with E-state index in [-0.39, 0.29) is 5.30 Å². The van der Waals surface area contributed by atoms with Gasteiger partial charge in [-0.2, -0.15) is 0 Å². The molecule has 1 N–H and O–H groups in total.